The second-order valence-electron chi connectivity index (χ2n) is 5.17. The molecule has 1 aliphatic carbocycles. The number of nitrogens with one attached hydrogen (secondary N) is 1. The van der Waals surface area contributed by atoms with Crippen molar-refractivity contribution in [3.8, 4) is 0 Å². The Morgan fingerprint density at radius 3 is 2.65 bits per heavy atom. The van der Waals surface area contributed by atoms with E-state index in [1.165, 1.54) is 25.7 Å². The number of carbonyl (C=O) groups excluding carboxylic acids is 1. The third kappa shape index (κ3) is 4.11. The number of hydrogen-bond donors (Lipinski definition) is 1. The van der Waals surface area contributed by atoms with Gasteiger partial charge in [-0.25, -0.2) is 0 Å². The van der Waals surface area contributed by atoms with Gasteiger partial charge >= 0.3 is 0 Å². The third-order valence-electron chi connectivity index (χ3n) is 3.80. The van der Waals surface area contributed by atoms with Crippen molar-refractivity contribution in [3.63, 3.8) is 0 Å². The molecule has 5 heteroatoms. The summed E-state index contributed by atoms with van der Waals surface area (Å²) in [5, 5.41) is 3.89. The Morgan fingerprint density at radius 2 is 2.05 bits per heavy atom. The first kappa shape index (κ1) is 15.6. The minimum absolute atomic E-state index is 0.0250. The van der Waals surface area contributed by atoms with Crippen LogP contribution in [0.25, 0.3) is 0 Å². The van der Waals surface area contributed by atoms with Crippen LogP contribution < -0.4 is 5.32 Å². The molecule has 0 spiro atoms. The van der Waals surface area contributed by atoms with Crippen molar-refractivity contribution < 1.29 is 4.79 Å². The molecule has 1 aromatic carbocycles. The number of carbonyl (C=O) groups is 1. The van der Waals surface area contributed by atoms with Gasteiger partial charge in [0, 0.05) is 11.1 Å². The summed E-state index contributed by atoms with van der Waals surface area (Å²) in [4.78, 5) is 14.4. The summed E-state index contributed by atoms with van der Waals surface area (Å²) >= 11 is 11.9. The Balaban J connectivity index is 1.93. The second-order valence-corrected chi connectivity index (χ2v) is 6.02. The molecule has 110 valence electrons. The molecule has 0 saturated heterocycles. The molecule has 1 fully saturated rings. The Bertz CT molecular complexity index is 473. The molecule has 0 aromatic heterocycles. The maximum Gasteiger partial charge on any atom is 0.238 e. The van der Waals surface area contributed by atoms with Crippen molar-refractivity contribution in [2.45, 2.75) is 38.6 Å². The quantitative estimate of drug-likeness (QED) is 0.883. The van der Waals surface area contributed by atoms with Crippen LogP contribution in [-0.2, 0) is 4.79 Å². The minimum atomic E-state index is -0.0250. The summed E-state index contributed by atoms with van der Waals surface area (Å²) in [7, 11) is 0. The van der Waals surface area contributed by atoms with Crippen LogP contribution in [0.15, 0.2) is 18.2 Å². The Morgan fingerprint density at radius 1 is 1.35 bits per heavy atom. The molecule has 0 unspecified atom stereocenters. The van der Waals surface area contributed by atoms with E-state index in [0.29, 0.717) is 28.3 Å². The van der Waals surface area contributed by atoms with Crippen LogP contribution in [0.3, 0.4) is 0 Å². The van der Waals surface area contributed by atoms with Gasteiger partial charge in [-0.2, -0.15) is 0 Å². The molecule has 1 saturated carbocycles. The maximum absolute atomic E-state index is 12.1. The van der Waals surface area contributed by atoms with Crippen molar-refractivity contribution in [1.29, 1.82) is 0 Å². The normalized spacial score (nSPS) is 15.8. The average molecular weight is 315 g/mol. The standard InChI is InChI=1S/C15H20Cl2N2O/c1-2-19(12-5-3-4-6-12)10-15(20)18-14-8-7-11(16)9-13(14)17/h7-9,12H,2-6,10H2,1H3,(H,18,20). The molecule has 0 bridgehead atoms. The summed E-state index contributed by atoms with van der Waals surface area (Å²) in [5.41, 5.74) is 0.614. The molecular formula is C15H20Cl2N2O. The highest BCUT2D eigenvalue weighted by Crippen LogP contribution is 2.26. The monoisotopic (exact) mass is 314 g/mol. The topological polar surface area (TPSA) is 32.3 Å². The summed E-state index contributed by atoms with van der Waals surface area (Å²) in [6, 6.07) is 5.63. The van der Waals surface area contributed by atoms with Gasteiger partial charge < -0.3 is 5.32 Å². The minimum Gasteiger partial charge on any atom is -0.324 e. The molecule has 1 amide bonds. The van der Waals surface area contributed by atoms with Gasteiger partial charge in [-0.3, -0.25) is 9.69 Å². The van der Waals surface area contributed by atoms with E-state index in [0.717, 1.165) is 6.54 Å². The van der Waals surface area contributed by atoms with E-state index in [9.17, 15) is 4.79 Å². The second kappa shape index (κ2) is 7.30. The predicted octanol–water partition coefficient (Wildman–Crippen LogP) is 4.20. The average Bonchev–Trinajstić information content (AvgIpc) is 2.93. The molecule has 1 N–H and O–H groups in total. The van der Waals surface area contributed by atoms with Crippen LogP contribution in [0, 0.1) is 0 Å². The number of likely N-dealkylation sites (N-methyl/N-ethyl adjacent to an activating group) is 1. The van der Waals surface area contributed by atoms with Crippen LogP contribution in [0.5, 0.6) is 0 Å². The first-order valence-corrected chi connectivity index (χ1v) is 7.84. The highest BCUT2D eigenvalue weighted by Gasteiger charge is 2.23. The Labute approximate surface area is 130 Å². The lowest BCUT2D eigenvalue weighted by Crippen LogP contribution is -2.39. The number of rotatable bonds is 5. The fourth-order valence-corrected chi connectivity index (χ4v) is 3.19. The van der Waals surface area contributed by atoms with Gasteiger partial charge in [0.2, 0.25) is 5.91 Å². The summed E-state index contributed by atoms with van der Waals surface area (Å²) in [6.45, 7) is 3.41. The third-order valence-corrected chi connectivity index (χ3v) is 4.35. The lowest BCUT2D eigenvalue weighted by molar-refractivity contribution is -0.117. The Kier molecular flexibility index (Phi) is 5.70. The van der Waals surface area contributed by atoms with E-state index in [-0.39, 0.29) is 5.91 Å². The number of benzene rings is 1. The molecule has 1 aromatic rings. The van der Waals surface area contributed by atoms with Crippen LogP contribution in [0.4, 0.5) is 5.69 Å². The van der Waals surface area contributed by atoms with Crippen LogP contribution in [-0.4, -0.2) is 29.9 Å². The predicted molar refractivity (Wildman–Crippen MR) is 84.6 cm³/mol. The van der Waals surface area contributed by atoms with Crippen molar-refractivity contribution in [3.05, 3.63) is 28.2 Å². The van der Waals surface area contributed by atoms with Crippen molar-refractivity contribution in [1.82, 2.24) is 4.90 Å². The zero-order valence-electron chi connectivity index (χ0n) is 11.7. The smallest absolute Gasteiger partial charge is 0.238 e. The van der Waals surface area contributed by atoms with Crippen LogP contribution >= 0.6 is 23.2 Å². The van der Waals surface area contributed by atoms with E-state index in [1.54, 1.807) is 18.2 Å². The van der Waals surface area contributed by atoms with Gasteiger partial charge in [-0.05, 0) is 37.6 Å². The largest absolute Gasteiger partial charge is 0.324 e. The van der Waals surface area contributed by atoms with Gasteiger partial charge in [0.15, 0.2) is 0 Å². The molecule has 2 rings (SSSR count). The zero-order valence-corrected chi connectivity index (χ0v) is 13.2. The zero-order chi connectivity index (χ0) is 14.5. The van der Waals surface area contributed by atoms with Gasteiger partial charge in [0.25, 0.3) is 0 Å². The van der Waals surface area contributed by atoms with Crippen LogP contribution in [0.2, 0.25) is 10.0 Å². The van der Waals surface area contributed by atoms with Gasteiger partial charge in [0.1, 0.15) is 0 Å². The maximum atomic E-state index is 12.1. The fourth-order valence-electron chi connectivity index (χ4n) is 2.73. The first-order chi connectivity index (χ1) is 9.60. The lowest BCUT2D eigenvalue weighted by atomic mass is 10.2. The SMILES string of the molecule is CCN(CC(=O)Nc1ccc(Cl)cc1Cl)C1CCCC1. The summed E-state index contributed by atoms with van der Waals surface area (Å²) < 4.78 is 0. The molecule has 0 radical (unpaired) electrons. The molecule has 0 aliphatic heterocycles. The van der Waals surface area contributed by atoms with Gasteiger partial charge in [-0.1, -0.05) is 43.0 Å². The Hall–Kier alpha value is -0.770. The fraction of sp³-hybridized carbons (Fsp3) is 0.533. The number of halogens is 2. The van der Waals surface area contributed by atoms with E-state index < -0.39 is 0 Å². The van der Waals surface area contributed by atoms with E-state index in [4.69, 9.17) is 23.2 Å². The first-order valence-electron chi connectivity index (χ1n) is 7.09. The molecule has 3 nitrogen and oxygen atoms in total. The van der Waals surface area contributed by atoms with E-state index in [1.807, 2.05) is 0 Å². The molecular weight excluding hydrogens is 295 g/mol. The van der Waals surface area contributed by atoms with E-state index in [2.05, 4.69) is 17.1 Å². The van der Waals surface area contributed by atoms with E-state index >= 15 is 0 Å². The van der Waals surface area contributed by atoms with Crippen molar-refractivity contribution >= 4 is 34.8 Å². The number of nitrogens with zero attached hydrogens (tertiary/aromatic N) is 1. The summed E-state index contributed by atoms with van der Waals surface area (Å²) in [5.74, 6) is -0.0250. The number of hydrogen-bond acceptors (Lipinski definition) is 2. The van der Waals surface area contributed by atoms with Crippen molar-refractivity contribution in [2.24, 2.45) is 0 Å². The number of amides is 1. The van der Waals surface area contributed by atoms with Crippen LogP contribution in [0.1, 0.15) is 32.6 Å². The van der Waals surface area contributed by atoms with Gasteiger partial charge in [0.05, 0.1) is 17.3 Å². The molecule has 20 heavy (non-hydrogen) atoms. The summed E-state index contributed by atoms with van der Waals surface area (Å²) in [6.07, 6.45) is 4.93. The highest BCUT2D eigenvalue weighted by molar-refractivity contribution is 6.36. The van der Waals surface area contributed by atoms with Crippen molar-refractivity contribution in [2.75, 3.05) is 18.4 Å². The van der Waals surface area contributed by atoms with Gasteiger partial charge in [-0.15, -0.1) is 0 Å². The molecule has 0 atom stereocenters. The number of anilines is 1. The highest BCUT2D eigenvalue weighted by atomic mass is 35.5. The molecule has 0 heterocycles. The molecule has 1 aliphatic rings. The lowest BCUT2D eigenvalue weighted by Gasteiger charge is -2.26.